The summed E-state index contributed by atoms with van der Waals surface area (Å²) in [7, 11) is 1.56. The molecule has 3 rings (SSSR count). The molecule has 29 heavy (non-hydrogen) atoms. The van der Waals surface area contributed by atoms with Crippen molar-refractivity contribution in [2.24, 2.45) is 5.92 Å². The highest BCUT2D eigenvalue weighted by Gasteiger charge is 2.36. The maximum Gasteiger partial charge on any atom is 0.229 e. The highest BCUT2D eigenvalue weighted by molar-refractivity contribution is 7.15. The Hall–Kier alpha value is -2.59. The van der Waals surface area contributed by atoms with Crippen LogP contribution in [-0.2, 0) is 27.5 Å². The smallest absolute Gasteiger partial charge is 0.229 e. The number of methoxy groups -OCH3 is 1. The minimum Gasteiger partial charge on any atom is -0.481 e. The largest absolute Gasteiger partial charge is 0.481 e. The highest BCUT2D eigenvalue weighted by atomic mass is 32.1. The molecule has 1 aliphatic rings. The standard InChI is InChI=1S/C19H25N5O4S/c1-5-28-10-15-22-23-19(29-15)24-9-13(7-16(24)25)17(26)20-8-14-11(2)6-12(3)21-18(14)27-4/h6,13H,5,7-10H2,1-4H3,(H,20,26). The zero-order chi connectivity index (χ0) is 21.0. The van der Waals surface area contributed by atoms with Crippen molar-refractivity contribution in [2.45, 2.75) is 40.3 Å². The maximum absolute atomic E-state index is 12.7. The molecule has 0 radical (unpaired) electrons. The Labute approximate surface area is 173 Å². The molecule has 2 amide bonds. The number of carbonyl (C=O) groups excluding carboxylic acids is 2. The first-order valence-electron chi connectivity index (χ1n) is 9.42. The average molecular weight is 420 g/mol. The normalized spacial score (nSPS) is 16.3. The number of hydrogen-bond acceptors (Lipinski definition) is 8. The summed E-state index contributed by atoms with van der Waals surface area (Å²) in [5, 5.41) is 12.2. The molecule has 2 aromatic heterocycles. The molecule has 0 bridgehead atoms. The van der Waals surface area contributed by atoms with Gasteiger partial charge in [0.2, 0.25) is 22.8 Å². The molecule has 1 saturated heterocycles. The molecule has 0 spiro atoms. The molecule has 9 nitrogen and oxygen atoms in total. The van der Waals surface area contributed by atoms with Crippen LogP contribution in [0.25, 0.3) is 0 Å². The molecule has 10 heteroatoms. The number of carbonyl (C=O) groups is 2. The first kappa shape index (κ1) is 21.1. The minimum atomic E-state index is -0.438. The van der Waals surface area contributed by atoms with Crippen molar-refractivity contribution in [1.29, 1.82) is 0 Å². The fourth-order valence-corrected chi connectivity index (χ4v) is 4.01. The topological polar surface area (TPSA) is 107 Å². The van der Waals surface area contributed by atoms with E-state index in [9.17, 15) is 9.59 Å². The predicted octanol–water partition coefficient (Wildman–Crippen LogP) is 1.76. The molecule has 1 N–H and O–H groups in total. The van der Waals surface area contributed by atoms with Crippen LogP contribution in [0, 0.1) is 19.8 Å². The van der Waals surface area contributed by atoms with Crippen molar-refractivity contribution >= 4 is 28.3 Å². The number of ether oxygens (including phenoxy) is 2. The maximum atomic E-state index is 12.7. The number of hydrogen-bond donors (Lipinski definition) is 1. The van der Waals surface area contributed by atoms with Gasteiger partial charge < -0.3 is 14.8 Å². The van der Waals surface area contributed by atoms with E-state index in [1.54, 1.807) is 7.11 Å². The summed E-state index contributed by atoms with van der Waals surface area (Å²) in [4.78, 5) is 30.9. The molecule has 2 aromatic rings. The first-order valence-corrected chi connectivity index (χ1v) is 10.2. The second-order valence-electron chi connectivity index (χ2n) is 6.81. The van der Waals surface area contributed by atoms with Crippen molar-refractivity contribution < 1.29 is 19.1 Å². The molecular formula is C19H25N5O4S. The van der Waals surface area contributed by atoms with Gasteiger partial charge in [0.1, 0.15) is 11.6 Å². The number of aromatic nitrogens is 3. The van der Waals surface area contributed by atoms with Crippen LogP contribution in [0.5, 0.6) is 5.88 Å². The third-order valence-electron chi connectivity index (χ3n) is 4.68. The summed E-state index contributed by atoms with van der Waals surface area (Å²) in [6.45, 7) is 7.28. The highest BCUT2D eigenvalue weighted by Crippen LogP contribution is 2.28. The van der Waals surface area contributed by atoms with Crippen molar-refractivity contribution in [3.63, 3.8) is 0 Å². The lowest BCUT2D eigenvalue weighted by Gasteiger charge is -2.15. The molecule has 0 aliphatic carbocycles. The Bertz CT molecular complexity index is 901. The molecule has 156 valence electrons. The van der Waals surface area contributed by atoms with E-state index >= 15 is 0 Å². The van der Waals surface area contributed by atoms with Crippen LogP contribution < -0.4 is 15.0 Å². The first-order chi connectivity index (χ1) is 13.9. The Morgan fingerprint density at radius 3 is 2.90 bits per heavy atom. The van der Waals surface area contributed by atoms with Crippen molar-refractivity contribution in [3.05, 3.63) is 27.9 Å². The zero-order valence-electron chi connectivity index (χ0n) is 17.0. The van der Waals surface area contributed by atoms with Crippen LogP contribution in [0.3, 0.4) is 0 Å². The summed E-state index contributed by atoms with van der Waals surface area (Å²) in [6.07, 6.45) is 0.147. The SMILES string of the molecule is CCOCc1nnc(N2CC(C(=O)NCc3c(C)cc(C)nc3OC)CC2=O)s1. The van der Waals surface area contributed by atoms with Crippen LogP contribution in [-0.4, -0.2) is 47.3 Å². The summed E-state index contributed by atoms with van der Waals surface area (Å²) < 4.78 is 10.7. The van der Waals surface area contributed by atoms with Crippen LogP contribution in [0.2, 0.25) is 0 Å². The minimum absolute atomic E-state index is 0.130. The van der Waals surface area contributed by atoms with Gasteiger partial charge in [0.15, 0.2) is 0 Å². The summed E-state index contributed by atoms with van der Waals surface area (Å²) in [5.41, 5.74) is 2.68. The third-order valence-corrected chi connectivity index (χ3v) is 5.60. The number of pyridine rings is 1. The lowest BCUT2D eigenvalue weighted by atomic mass is 10.1. The van der Waals surface area contributed by atoms with E-state index in [-0.39, 0.29) is 24.8 Å². The second kappa shape index (κ2) is 9.27. The van der Waals surface area contributed by atoms with Gasteiger partial charge in [0, 0.05) is 37.4 Å². The number of nitrogens with zero attached hydrogens (tertiary/aromatic N) is 4. The summed E-state index contributed by atoms with van der Waals surface area (Å²) in [5.74, 6) is -0.244. The van der Waals surface area contributed by atoms with Gasteiger partial charge in [0.25, 0.3) is 0 Å². The van der Waals surface area contributed by atoms with Gasteiger partial charge in [0.05, 0.1) is 13.0 Å². The van der Waals surface area contributed by atoms with Gasteiger partial charge in [-0.25, -0.2) is 4.98 Å². The summed E-state index contributed by atoms with van der Waals surface area (Å²) in [6, 6.07) is 1.94. The Kier molecular flexibility index (Phi) is 6.75. The Morgan fingerprint density at radius 1 is 1.38 bits per heavy atom. The zero-order valence-corrected chi connectivity index (χ0v) is 17.8. The number of aryl methyl sites for hydroxylation is 2. The second-order valence-corrected chi connectivity index (χ2v) is 7.85. The lowest BCUT2D eigenvalue weighted by molar-refractivity contribution is -0.126. The molecule has 1 fully saturated rings. The van der Waals surface area contributed by atoms with E-state index in [2.05, 4.69) is 20.5 Å². The van der Waals surface area contributed by atoms with E-state index in [1.807, 2.05) is 26.8 Å². The molecular weight excluding hydrogens is 394 g/mol. The fourth-order valence-electron chi connectivity index (χ4n) is 3.20. The van der Waals surface area contributed by atoms with E-state index < -0.39 is 5.92 Å². The van der Waals surface area contributed by atoms with Gasteiger partial charge in [-0.2, -0.15) is 0 Å². The van der Waals surface area contributed by atoms with Crippen LogP contribution >= 0.6 is 11.3 Å². The molecule has 1 unspecified atom stereocenters. The summed E-state index contributed by atoms with van der Waals surface area (Å²) >= 11 is 1.31. The monoisotopic (exact) mass is 419 g/mol. The van der Waals surface area contributed by atoms with Gasteiger partial charge >= 0.3 is 0 Å². The van der Waals surface area contributed by atoms with Crippen molar-refractivity contribution in [2.75, 3.05) is 25.2 Å². The number of rotatable bonds is 8. The molecule has 0 aromatic carbocycles. The van der Waals surface area contributed by atoms with Crippen molar-refractivity contribution in [1.82, 2.24) is 20.5 Å². The number of amides is 2. The Morgan fingerprint density at radius 2 is 2.17 bits per heavy atom. The third kappa shape index (κ3) is 4.88. The molecule has 1 atom stereocenters. The van der Waals surface area contributed by atoms with Gasteiger partial charge in [-0.1, -0.05) is 11.3 Å². The van der Waals surface area contributed by atoms with Gasteiger partial charge in [-0.3, -0.25) is 14.5 Å². The number of anilines is 1. The fraction of sp³-hybridized carbons (Fsp3) is 0.526. The molecule has 0 saturated carbocycles. The van der Waals surface area contributed by atoms with Crippen LogP contribution in [0.1, 0.15) is 35.2 Å². The van der Waals surface area contributed by atoms with Gasteiger partial charge in [-0.15, -0.1) is 10.2 Å². The average Bonchev–Trinajstić information content (AvgIpc) is 3.31. The van der Waals surface area contributed by atoms with Crippen LogP contribution in [0.4, 0.5) is 5.13 Å². The van der Waals surface area contributed by atoms with E-state index in [1.165, 1.54) is 16.2 Å². The predicted molar refractivity (Wildman–Crippen MR) is 108 cm³/mol. The van der Waals surface area contributed by atoms with E-state index in [0.717, 1.165) is 16.8 Å². The van der Waals surface area contributed by atoms with E-state index in [4.69, 9.17) is 9.47 Å². The van der Waals surface area contributed by atoms with E-state index in [0.29, 0.717) is 35.8 Å². The van der Waals surface area contributed by atoms with Gasteiger partial charge in [-0.05, 0) is 32.4 Å². The Balaban J connectivity index is 1.62. The molecule has 1 aliphatic heterocycles. The van der Waals surface area contributed by atoms with Crippen molar-refractivity contribution in [3.8, 4) is 5.88 Å². The quantitative estimate of drug-likeness (QED) is 0.695. The van der Waals surface area contributed by atoms with Crippen LogP contribution in [0.15, 0.2) is 6.07 Å². The molecule has 3 heterocycles. The number of nitrogens with one attached hydrogen (secondary N) is 1. The lowest BCUT2D eigenvalue weighted by Crippen LogP contribution is -2.33.